The standard InChI is InChI=1S/C32H31FN4O5/c1-20(38)25-7-5-21(15-26(25)33)19-42-31-4-2-3-27(35-31)22-9-12-36(13-10-22)18-30-34-28-8-6-23(32(39)40)16-29(28)37(30)17-24-11-14-41-24/h2-9,15-16,24H,10-14,17-19H2,1H3,(H,39,40)/t24-/m0/s1. The van der Waals surface area contributed by atoms with Crippen LogP contribution >= 0.6 is 0 Å². The Morgan fingerprint density at radius 2 is 2.00 bits per heavy atom. The number of hydrogen-bond acceptors (Lipinski definition) is 7. The van der Waals surface area contributed by atoms with Crippen LogP contribution in [0.1, 0.15) is 57.6 Å². The quantitative estimate of drug-likeness (QED) is 0.262. The third-order valence-corrected chi connectivity index (χ3v) is 7.76. The number of aromatic carboxylic acids is 1. The van der Waals surface area contributed by atoms with Gasteiger partial charge in [-0.15, -0.1) is 0 Å². The number of ketones is 1. The van der Waals surface area contributed by atoms with Crippen molar-refractivity contribution in [1.29, 1.82) is 0 Å². The highest BCUT2D eigenvalue weighted by Gasteiger charge is 2.24. The van der Waals surface area contributed by atoms with Gasteiger partial charge in [-0.1, -0.05) is 18.2 Å². The predicted octanol–water partition coefficient (Wildman–Crippen LogP) is 5.13. The van der Waals surface area contributed by atoms with Gasteiger partial charge in [0.05, 0.1) is 47.0 Å². The molecule has 2 aliphatic heterocycles. The molecule has 216 valence electrons. The van der Waals surface area contributed by atoms with E-state index in [1.807, 2.05) is 12.1 Å². The third kappa shape index (κ3) is 5.95. The van der Waals surface area contributed by atoms with Crippen LogP contribution in [0.4, 0.5) is 4.39 Å². The van der Waals surface area contributed by atoms with Crippen molar-refractivity contribution in [2.75, 3.05) is 19.7 Å². The molecule has 4 heterocycles. The molecular weight excluding hydrogens is 539 g/mol. The number of aromatic nitrogens is 3. The molecule has 0 radical (unpaired) electrons. The SMILES string of the molecule is CC(=O)c1ccc(COc2cccc(C3=CCN(Cc4nc5ccc(C(=O)O)cc5n4C[C@@H]4CCO4)CC3)n2)cc1F. The van der Waals surface area contributed by atoms with Crippen molar-refractivity contribution < 1.29 is 28.6 Å². The van der Waals surface area contributed by atoms with E-state index >= 15 is 0 Å². The summed E-state index contributed by atoms with van der Waals surface area (Å²) in [4.78, 5) is 34.9. The van der Waals surface area contributed by atoms with Crippen molar-refractivity contribution in [3.8, 4) is 5.88 Å². The number of carboxylic acids is 1. The molecule has 4 aromatic rings. The van der Waals surface area contributed by atoms with E-state index in [4.69, 9.17) is 14.5 Å². The fraction of sp³-hybridized carbons (Fsp3) is 0.312. The Labute approximate surface area is 242 Å². The summed E-state index contributed by atoms with van der Waals surface area (Å²) in [5, 5.41) is 9.49. The molecule has 1 N–H and O–H groups in total. The topological polar surface area (TPSA) is 107 Å². The van der Waals surface area contributed by atoms with Crippen LogP contribution in [-0.4, -0.2) is 62.1 Å². The van der Waals surface area contributed by atoms with Gasteiger partial charge in [0.25, 0.3) is 0 Å². The van der Waals surface area contributed by atoms with E-state index in [9.17, 15) is 19.1 Å². The highest BCUT2D eigenvalue weighted by atomic mass is 19.1. The number of carbonyl (C=O) groups is 2. The second kappa shape index (κ2) is 11.8. The molecule has 2 aromatic heterocycles. The number of halogens is 1. The summed E-state index contributed by atoms with van der Waals surface area (Å²) in [5.41, 5.74) is 4.47. The van der Waals surface area contributed by atoms with Gasteiger partial charge in [0.2, 0.25) is 5.88 Å². The summed E-state index contributed by atoms with van der Waals surface area (Å²) < 4.78 is 27.8. The van der Waals surface area contributed by atoms with Crippen molar-refractivity contribution in [2.24, 2.45) is 0 Å². The molecular formula is C32H31FN4O5. The number of hydrogen-bond donors (Lipinski definition) is 1. The second-order valence-corrected chi connectivity index (χ2v) is 10.7. The normalized spacial score (nSPS) is 17.1. The van der Waals surface area contributed by atoms with Gasteiger partial charge in [-0.2, -0.15) is 0 Å². The first-order valence-corrected chi connectivity index (χ1v) is 14.0. The number of fused-ring (bicyclic) bond motifs is 1. The summed E-state index contributed by atoms with van der Waals surface area (Å²) in [7, 11) is 0. The minimum Gasteiger partial charge on any atom is -0.478 e. The molecule has 2 aliphatic rings. The average Bonchev–Trinajstić information content (AvgIpc) is 3.30. The molecule has 0 bridgehead atoms. The number of carbonyl (C=O) groups excluding carboxylic acids is 1. The molecule has 9 nitrogen and oxygen atoms in total. The Hall–Kier alpha value is -4.41. The largest absolute Gasteiger partial charge is 0.478 e. The molecule has 1 saturated heterocycles. The monoisotopic (exact) mass is 570 g/mol. The van der Waals surface area contributed by atoms with E-state index in [-0.39, 0.29) is 29.6 Å². The van der Waals surface area contributed by atoms with Crippen LogP contribution in [0.15, 0.2) is 60.7 Å². The molecule has 0 unspecified atom stereocenters. The van der Waals surface area contributed by atoms with Crippen LogP contribution in [-0.2, 0) is 24.4 Å². The van der Waals surface area contributed by atoms with Crippen LogP contribution in [0.2, 0.25) is 0 Å². The zero-order valence-corrected chi connectivity index (χ0v) is 23.3. The van der Waals surface area contributed by atoms with Gasteiger partial charge in [0.1, 0.15) is 18.2 Å². The zero-order valence-electron chi connectivity index (χ0n) is 23.3. The van der Waals surface area contributed by atoms with Crippen molar-refractivity contribution in [3.05, 3.63) is 94.7 Å². The summed E-state index contributed by atoms with van der Waals surface area (Å²) in [6, 6.07) is 15.1. The highest BCUT2D eigenvalue weighted by Crippen LogP contribution is 2.26. The molecule has 0 saturated carbocycles. The fourth-order valence-corrected chi connectivity index (χ4v) is 5.31. The van der Waals surface area contributed by atoms with Gasteiger partial charge in [-0.3, -0.25) is 9.69 Å². The Morgan fingerprint density at radius 3 is 2.69 bits per heavy atom. The number of pyridine rings is 1. The number of ether oxygens (including phenoxy) is 2. The summed E-state index contributed by atoms with van der Waals surface area (Å²) in [6.07, 6.45) is 4.05. The molecule has 6 rings (SSSR count). The number of carboxylic acid groups (broad SMARTS) is 1. The fourth-order valence-electron chi connectivity index (χ4n) is 5.31. The first-order chi connectivity index (χ1) is 20.3. The number of imidazole rings is 1. The lowest BCUT2D eigenvalue weighted by Gasteiger charge is -2.29. The van der Waals surface area contributed by atoms with E-state index in [2.05, 4.69) is 20.5 Å². The van der Waals surface area contributed by atoms with Crippen molar-refractivity contribution in [2.45, 2.75) is 45.6 Å². The predicted molar refractivity (Wildman–Crippen MR) is 154 cm³/mol. The van der Waals surface area contributed by atoms with Gasteiger partial charge in [0, 0.05) is 25.8 Å². The van der Waals surface area contributed by atoms with Crippen LogP contribution < -0.4 is 4.74 Å². The lowest BCUT2D eigenvalue weighted by Crippen LogP contribution is -2.33. The zero-order chi connectivity index (χ0) is 29.2. The van der Waals surface area contributed by atoms with Crippen LogP contribution in [0.3, 0.4) is 0 Å². The second-order valence-electron chi connectivity index (χ2n) is 10.7. The lowest BCUT2D eigenvalue weighted by atomic mass is 10.0. The molecule has 0 amide bonds. The average molecular weight is 571 g/mol. The van der Waals surface area contributed by atoms with Crippen molar-refractivity contribution >= 4 is 28.4 Å². The molecule has 10 heteroatoms. The minimum absolute atomic E-state index is 0.0640. The van der Waals surface area contributed by atoms with Crippen LogP contribution in [0.25, 0.3) is 16.6 Å². The van der Waals surface area contributed by atoms with Gasteiger partial charge in [-0.05, 0) is 67.3 Å². The Morgan fingerprint density at radius 1 is 1.14 bits per heavy atom. The molecule has 1 fully saturated rings. The maximum Gasteiger partial charge on any atom is 0.335 e. The molecule has 0 aliphatic carbocycles. The first kappa shape index (κ1) is 27.7. The molecule has 0 spiro atoms. The lowest BCUT2D eigenvalue weighted by molar-refractivity contribution is -0.0591. The Kier molecular flexibility index (Phi) is 7.82. The molecule has 2 aromatic carbocycles. The van der Waals surface area contributed by atoms with E-state index in [0.717, 1.165) is 54.1 Å². The van der Waals surface area contributed by atoms with Gasteiger partial charge in [-0.25, -0.2) is 19.2 Å². The van der Waals surface area contributed by atoms with Crippen LogP contribution in [0.5, 0.6) is 5.88 Å². The first-order valence-electron chi connectivity index (χ1n) is 14.0. The van der Waals surface area contributed by atoms with Gasteiger partial charge < -0.3 is 19.1 Å². The summed E-state index contributed by atoms with van der Waals surface area (Å²) in [6.45, 7) is 5.02. The third-order valence-electron chi connectivity index (χ3n) is 7.76. The van der Waals surface area contributed by atoms with E-state index in [1.165, 1.54) is 19.1 Å². The maximum atomic E-state index is 14.2. The smallest absolute Gasteiger partial charge is 0.335 e. The number of rotatable bonds is 10. The Balaban J connectivity index is 1.13. The van der Waals surface area contributed by atoms with Crippen LogP contribution in [0, 0.1) is 5.82 Å². The minimum atomic E-state index is -0.958. The maximum absolute atomic E-state index is 14.2. The number of Topliss-reactive ketones (excluding diaryl/α,β-unsaturated/α-hetero) is 1. The Bertz CT molecular complexity index is 1690. The highest BCUT2D eigenvalue weighted by molar-refractivity contribution is 5.94. The summed E-state index contributed by atoms with van der Waals surface area (Å²) >= 11 is 0. The van der Waals surface area contributed by atoms with Gasteiger partial charge in [0.15, 0.2) is 5.78 Å². The van der Waals surface area contributed by atoms with Gasteiger partial charge >= 0.3 is 5.97 Å². The number of nitrogens with zero attached hydrogens (tertiary/aromatic N) is 4. The van der Waals surface area contributed by atoms with E-state index in [0.29, 0.717) is 31.1 Å². The molecule has 1 atom stereocenters. The van der Waals surface area contributed by atoms with Crippen molar-refractivity contribution in [1.82, 2.24) is 19.4 Å². The van der Waals surface area contributed by atoms with Crippen molar-refractivity contribution in [3.63, 3.8) is 0 Å². The number of benzene rings is 2. The molecule has 42 heavy (non-hydrogen) atoms. The van der Waals surface area contributed by atoms with E-state index in [1.54, 1.807) is 30.3 Å². The van der Waals surface area contributed by atoms with E-state index < -0.39 is 11.8 Å². The summed E-state index contributed by atoms with van der Waals surface area (Å²) in [5.74, 6) is -0.495.